The molecular formula is C16H24N2OS. The minimum atomic E-state index is 0.122. The number of furan rings is 1. The maximum Gasteiger partial charge on any atom is 0.0950 e. The molecule has 0 bridgehead atoms. The van der Waals surface area contributed by atoms with Gasteiger partial charge in [-0.1, -0.05) is 27.7 Å². The summed E-state index contributed by atoms with van der Waals surface area (Å²) < 4.78 is 5.22. The SMILES string of the molecule is CCCNC(Cc1nc(C(C)(C)C)cs1)c1ccoc1. The molecule has 2 aromatic heterocycles. The van der Waals surface area contributed by atoms with E-state index < -0.39 is 0 Å². The average Bonchev–Trinajstić information content (AvgIpc) is 3.04. The molecule has 0 spiro atoms. The maximum absolute atomic E-state index is 5.22. The van der Waals surface area contributed by atoms with E-state index in [-0.39, 0.29) is 11.5 Å². The lowest BCUT2D eigenvalue weighted by Crippen LogP contribution is -2.23. The van der Waals surface area contributed by atoms with Crippen molar-refractivity contribution in [2.75, 3.05) is 6.54 Å². The Morgan fingerprint density at radius 3 is 2.75 bits per heavy atom. The van der Waals surface area contributed by atoms with E-state index in [0.717, 1.165) is 19.4 Å². The second-order valence-corrected chi connectivity index (χ2v) is 7.09. The highest BCUT2D eigenvalue weighted by Gasteiger charge is 2.20. The van der Waals surface area contributed by atoms with Crippen molar-refractivity contribution in [2.45, 2.75) is 52.0 Å². The molecule has 20 heavy (non-hydrogen) atoms. The Bertz CT molecular complexity index is 511. The van der Waals surface area contributed by atoms with Crippen LogP contribution < -0.4 is 5.32 Å². The standard InChI is InChI=1S/C16H24N2OS/c1-5-7-17-13(12-6-8-19-10-12)9-15-18-14(11-20-15)16(2,3)4/h6,8,10-11,13,17H,5,7,9H2,1-4H3. The predicted octanol–water partition coefficient (Wildman–Crippen LogP) is 4.32. The van der Waals surface area contributed by atoms with E-state index in [9.17, 15) is 0 Å². The number of hydrogen-bond acceptors (Lipinski definition) is 4. The highest BCUT2D eigenvalue weighted by molar-refractivity contribution is 7.09. The summed E-state index contributed by atoms with van der Waals surface area (Å²) in [6.07, 6.45) is 5.60. The average molecular weight is 292 g/mol. The van der Waals surface area contributed by atoms with Crippen molar-refractivity contribution < 1.29 is 4.42 Å². The summed E-state index contributed by atoms with van der Waals surface area (Å²) in [5.41, 5.74) is 2.50. The third-order valence-corrected chi connectivity index (χ3v) is 4.16. The van der Waals surface area contributed by atoms with Gasteiger partial charge in [-0.25, -0.2) is 4.98 Å². The van der Waals surface area contributed by atoms with E-state index in [1.807, 2.05) is 12.3 Å². The molecule has 2 rings (SSSR count). The molecule has 0 aliphatic heterocycles. The summed E-state index contributed by atoms with van der Waals surface area (Å²) in [6, 6.07) is 2.32. The second-order valence-electron chi connectivity index (χ2n) is 6.14. The molecule has 1 unspecified atom stereocenters. The molecule has 0 fully saturated rings. The predicted molar refractivity (Wildman–Crippen MR) is 84.3 cm³/mol. The van der Waals surface area contributed by atoms with Crippen molar-refractivity contribution in [3.63, 3.8) is 0 Å². The van der Waals surface area contributed by atoms with Gasteiger partial charge >= 0.3 is 0 Å². The summed E-state index contributed by atoms with van der Waals surface area (Å²) in [5.74, 6) is 0. The van der Waals surface area contributed by atoms with Crippen molar-refractivity contribution >= 4 is 11.3 Å². The van der Waals surface area contributed by atoms with Crippen molar-refractivity contribution in [3.8, 4) is 0 Å². The highest BCUT2D eigenvalue weighted by atomic mass is 32.1. The van der Waals surface area contributed by atoms with E-state index in [4.69, 9.17) is 9.40 Å². The van der Waals surface area contributed by atoms with Gasteiger partial charge in [-0.15, -0.1) is 11.3 Å². The van der Waals surface area contributed by atoms with E-state index in [0.29, 0.717) is 0 Å². The first kappa shape index (κ1) is 15.3. The summed E-state index contributed by atoms with van der Waals surface area (Å²) in [5, 5.41) is 6.94. The lowest BCUT2D eigenvalue weighted by molar-refractivity contribution is 0.509. The van der Waals surface area contributed by atoms with Crippen LogP contribution in [0.25, 0.3) is 0 Å². The van der Waals surface area contributed by atoms with Crippen molar-refractivity contribution in [1.82, 2.24) is 10.3 Å². The molecule has 1 atom stereocenters. The molecule has 0 radical (unpaired) electrons. The van der Waals surface area contributed by atoms with Crippen LogP contribution in [0.15, 0.2) is 28.4 Å². The zero-order valence-electron chi connectivity index (χ0n) is 12.8. The second kappa shape index (κ2) is 6.55. The van der Waals surface area contributed by atoms with Crippen LogP contribution >= 0.6 is 11.3 Å². The van der Waals surface area contributed by atoms with Crippen molar-refractivity contribution in [3.05, 3.63) is 40.2 Å². The fraction of sp³-hybridized carbons (Fsp3) is 0.562. The molecule has 1 N–H and O–H groups in total. The highest BCUT2D eigenvalue weighted by Crippen LogP contribution is 2.27. The molecule has 2 heterocycles. The Morgan fingerprint density at radius 1 is 1.40 bits per heavy atom. The number of rotatable bonds is 6. The van der Waals surface area contributed by atoms with Gasteiger partial charge in [0, 0.05) is 28.8 Å². The fourth-order valence-electron chi connectivity index (χ4n) is 2.02. The normalized spacial score (nSPS) is 13.6. The van der Waals surface area contributed by atoms with Crippen LogP contribution in [-0.4, -0.2) is 11.5 Å². The quantitative estimate of drug-likeness (QED) is 0.861. The molecule has 0 saturated carbocycles. The molecule has 0 amide bonds. The minimum Gasteiger partial charge on any atom is -0.472 e. The Labute approximate surface area is 125 Å². The molecule has 0 saturated heterocycles. The van der Waals surface area contributed by atoms with Gasteiger partial charge in [0.15, 0.2) is 0 Å². The molecule has 0 aromatic carbocycles. The minimum absolute atomic E-state index is 0.122. The van der Waals surface area contributed by atoms with Gasteiger partial charge in [-0.3, -0.25) is 0 Å². The molecular weight excluding hydrogens is 268 g/mol. The number of nitrogens with zero attached hydrogens (tertiary/aromatic N) is 1. The summed E-state index contributed by atoms with van der Waals surface area (Å²) >= 11 is 1.75. The summed E-state index contributed by atoms with van der Waals surface area (Å²) in [7, 11) is 0. The zero-order chi connectivity index (χ0) is 14.6. The molecule has 4 heteroatoms. The summed E-state index contributed by atoms with van der Waals surface area (Å²) in [4.78, 5) is 4.79. The third kappa shape index (κ3) is 3.93. The lowest BCUT2D eigenvalue weighted by Gasteiger charge is -2.16. The Morgan fingerprint density at radius 2 is 2.20 bits per heavy atom. The summed E-state index contributed by atoms with van der Waals surface area (Å²) in [6.45, 7) is 9.80. The number of hydrogen-bond donors (Lipinski definition) is 1. The Balaban J connectivity index is 2.09. The molecule has 2 aromatic rings. The smallest absolute Gasteiger partial charge is 0.0950 e. The van der Waals surface area contributed by atoms with Crippen LogP contribution in [-0.2, 0) is 11.8 Å². The number of nitrogens with one attached hydrogen (secondary N) is 1. The number of aromatic nitrogens is 1. The van der Waals surface area contributed by atoms with Gasteiger partial charge in [-0.05, 0) is 19.0 Å². The van der Waals surface area contributed by atoms with Crippen LogP contribution in [0.2, 0.25) is 0 Å². The van der Waals surface area contributed by atoms with Gasteiger partial charge in [0.2, 0.25) is 0 Å². The van der Waals surface area contributed by atoms with Crippen molar-refractivity contribution in [2.24, 2.45) is 0 Å². The lowest BCUT2D eigenvalue weighted by atomic mass is 9.93. The molecule has 0 aliphatic carbocycles. The molecule has 110 valence electrons. The molecule has 0 aliphatic rings. The zero-order valence-corrected chi connectivity index (χ0v) is 13.6. The topological polar surface area (TPSA) is 38.1 Å². The van der Waals surface area contributed by atoms with E-state index in [2.05, 4.69) is 38.4 Å². The van der Waals surface area contributed by atoms with Crippen LogP contribution in [0.5, 0.6) is 0 Å². The van der Waals surface area contributed by atoms with Gasteiger partial charge in [0.25, 0.3) is 0 Å². The largest absolute Gasteiger partial charge is 0.472 e. The maximum atomic E-state index is 5.22. The van der Waals surface area contributed by atoms with E-state index in [1.165, 1.54) is 16.3 Å². The van der Waals surface area contributed by atoms with Crippen LogP contribution in [0.1, 0.15) is 56.4 Å². The van der Waals surface area contributed by atoms with E-state index >= 15 is 0 Å². The Hall–Kier alpha value is -1.13. The first-order valence-corrected chi connectivity index (χ1v) is 8.09. The van der Waals surface area contributed by atoms with Crippen molar-refractivity contribution in [1.29, 1.82) is 0 Å². The van der Waals surface area contributed by atoms with Crippen LogP contribution in [0.4, 0.5) is 0 Å². The fourth-order valence-corrected chi connectivity index (χ4v) is 3.09. The van der Waals surface area contributed by atoms with Gasteiger partial charge in [0.05, 0.1) is 23.2 Å². The van der Waals surface area contributed by atoms with Crippen LogP contribution in [0.3, 0.4) is 0 Å². The molecule has 3 nitrogen and oxygen atoms in total. The first-order chi connectivity index (χ1) is 9.50. The van der Waals surface area contributed by atoms with Gasteiger partial charge in [0.1, 0.15) is 0 Å². The number of thiazole rings is 1. The van der Waals surface area contributed by atoms with Crippen LogP contribution in [0, 0.1) is 0 Å². The first-order valence-electron chi connectivity index (χ1n) is 7.21. The third-order valence-electron chi connectivity index (χ3n) is 3.29. The monoisotopic (exact) mass is 292 g/mol. The van der Waals surface area contributed by atoms with Gasteiger partial charge < -0.3 is 9.73 Å². The van der Waals surface area contributed by atoms with Gasteiger partial charge in [-0.2, -0.15) is 0 Å². The van der Waals surface area contributed by atoms with E-state index in [1.54, 1.807) is 17.6 Å². The Kier molecular flexibility index (Phi) is 5.00.